The predicted molar refractivity (Wildman–Crippen MR) is 57.5 cm³/mol. The molecule has 0 N–H and O–H groups in total. The van der Waals surface area contributed by atoms with Gasteiger partial charge < -0.3 is 0 Å². The van der Waals surface area contributed by atoms with E-state index in [1.54, 1.807) is 11.3 Å². The van der Waals surface area contributed by atoms with Gasteiger partial charge in [-0.25, -0.2) is 0 Å². The van der Waals surface area contributed by atoms with E-state index in [1.165, 1.54) is 6.42 Å². The summed E-state index contributed by atoms with van der Waals surface area (Å²) in [7, 11) is 0. The van der Waals surface area contributed by atoms with Gasteiger partial charge in [0.2, 0.25) is 0 Å². The molecule has 1 heterocycles. The second-order valence-corrected chi connectivity index (χ2v) is 4.39. The van der Waals surface area contributed by atoms with Crippen LogP contribution >= 0.6 is 11.3 Å². The largest absolute Gasteiger partial charge is 0.294 e. The topological polar surface area (TPSA) is 17.1 Å². The van der Waals surface area contributed by atoms with Crippen LogP contribution in [0.2, 0.25) is 0 Å². The second kappa shape index (κ2) is 5.18. The van der Waals surface area contributed by atoms with Gasteiger partial charge in [-0.15, -0.1) is 11.3 Å². The first-order valence-electron chi connectivity index (χ1n) is 4.83. The molecule has 1 rings (SSSR count). The summed E-state index contributed by atoms with van der Waals surface area (Å²) in [6.45, 7) is 4.16. The predicted octanol–water partition coefficient (Wildman–Crippen LogP) is 3.82. The minimum absolute atomic E-state index is 0.312. The Bertz CT molecular complexity index is 275. The lowest BCUT2D eigenvalue weighted by molar-refractivity contribution is 0.0979. The van der Waals surface area contributed by atoms with Crippen LogP contribution in [-0.2, 0) is 0 Å². The molecule has 1 aromatic rings. The molecule has 0 fully saturated rings. The van der Waals surface area contributed by atoms with Crippen LogP contribution in [-0.4, -0.2) is 5.78 Å². The van der Waals surface area contributed by atoms with Crippen molar-refractivity contribution in [3.05, 3.63) is 21.9 Å². The van der Waals surface area contributed by atoms with Crippen molar-refractivity contribution in [1.82, 2.24) is 0 Å². The van der Waals surface area contributed by atoms with Gasteiger partial charge in [0, 0.05) is 16.9 Å². The van der Waals surface area contributed by atoms with Crippen LogP contribution in [0.1, 0.15) is 47.8 Å². The molecule has 0 radical (unpaired) electrons. The number of ketones is 1. The number of carbonyl (C=O) groups is 1. The molecule has 13 heavy (non-hydrogen) atoms. The van der Waals surface area contributed by atoms with Crippen LogP contribution in [0.25, 0.3) is 0 Å². The average Bonchev–Trinajstić information content (AvgIpc) is 2.52. The van der Waals surface area contributed by atoms with Gasteiger partial charge in [0.1, 0.15) is 0 Å². The lowest BCUT2D eigenvalue weighted by Crippen LogP contribution is -1.98. The number of Topliss-reactive ketones (excluding diaryl/α,β-unsaturated/α-hetero) is 1. The maximum atomic E-state index is 11.6. The smallest absolute Gasteiger partial charge is 0.163 e. The number of hydrogen-bond donors (Lipinski definition) is 0. The molecule has 0 aliphatic carbocycles. The second-order valence-electron chi connectivity index (χ2n) is 3.27. The van der Waals surface area contributed by atoms with E-state index in [0.29, 0.717) is 12.2 Å². The lowest BCUT2D eigenvalue weighted by atomic mass is 10.1. The molecular formula is C11H16OS. The van der Waals surface area contributed by atoms with Crippen LogP contribution in [0.3, 0.4) is 0 Å². The Hall–Kier alpha value is -0.630. The Balaban J connectivity index is 2.45. The van der Waals surface area contributed by atoms with Crippen LogP contribution in [0.15, 0.2) is 11.4 Å². The van der Waals surface area contributed by atoms with Gasteiger partial charge >= 0.3 is 0 Å². The Morgan fingerprint density at radius 1 is 1.46 bits per heavy atom. The fourth-order valence-electron chi connectivity index (χ4n) is 1.34. The van der Waals surface area contributed by atoms with Gasteiger partial charge in [-0.3, -0.25) is 4.79 Å². The number of aryl methyl sites for hydroxylation is 1. The highest BCUT2D eigenvalue weighted by Gasteiger charge is 2.08. The van der Waals surface area contributed by atoms with Crippen LogP contribution in [0.4, 0.5) is 0 Å². The first-order chi connectivity index (χ1) is 6.25. The zero-order valence-electron chi connectivity index (χ0n) is 8.30. The third-order valence-corrected chi connectivity index (χ3v) is 3.01. The van der Waals surface area contributed by atoms with E-state index < -0.39 is 0 Å². The normalized spacial score (nSPS) is 10.3. The first kappa shape index (κ1) is 10.5. The number of hydrogen-bond acceptors (Lipinski definition) is 2. The van der Waals surface area contributed by atoms with E-state index in [9.17, 15) is 4.79 Å². The van der Waals surface area contributed by atoms with E-state index >= 15 is 0 Å². The minimum atomic E-state index is 0.312. The standard InChI is InChI=1S/C11H16OS/c1-3-4-5-6-11(12)10-7-8-13-9(10)2/h7-8H,3-6H2,1-2H3. The first-order valence-corrected chi connectivity index (χ1v) is 5.71. The van der Waals surface area contributed by atoms with E-state index in [-0.39, 0.29) is 0 Å². The van der Waals surface area contributed by atoms with E-state index in [2.05, 4.69) is 6.92 Å². The van der Waals surface area contributed by atoms with Gasteiger partial charge in [-0.1, -0.05) is 19.8 Å². The molecule has 0 aliphatic heterocycles. The third kappa shape index (κ3) is 2.96. The number of rotatable bonds is 5. The highest BCUT2D eigenvalue weighted by molar-refractivity contribution is 7.10. The maximum absolute atomic E-state index is 11.6. The fourth-order valence-corrected chi connectivity index (χ4v) is 2.06. The summed E-state index contributed by atoms with van der Waals surface area (Å²) in [5.74, 6) is 0.312. The summed E-state index contributed by atoms with van der Waals surface area (Å²) in [5.41, 5.74) is 0.932. The van der Waals surface area contributed by atoms with Crippen molar-refractivity contribution >= 4 is 17.1 Å². The Morgan fingerprint density at radius 3 is 2.77 bits per heavy atom. The molecule has 0 spiro atoms. The Kier molecular flexibility index (Phi) is 4.16. The number of unbranched alkanes of at least 4 members (excludes halogenated alkanes) is 2. The molecule has 0 aromatic carbocycles. The quantitative estimate of drug-likeness (QED) is 0.517. The summed E-state index contributed by atoms with van der Waals surface area (Å²) in [5, 5.41) is 1.99. The van der Waals surface area contributed by atoms with E-state index in [4.69, 9.17) is 0 Å². The van der Waals surface area contributed by atoms with Crippen molar-refractivity contribution in [2.24, 2.45) is 0 Å². The minimum Gasteiger partial charge on any atom is -0.294 e. The highest BCUT2D eigenvalue weighted by atomic mass is 32.1. The SMILES string of the molecule is CCCCCC(=O)c1ccsc1C. The Labute approximate surface area is 83.8 Å². The van der Waals surface area contributed by atoms with Crippen LogP contribution in [0, 0.1) is 6.92 Å². The van der Waals surface area contributed by atoms with E-state index in [0.717, 1.165) is 23.3 Å². The summed E-state index contributed by atoms with van der Waals surface area (Å²) in [4.78, 5) is 12.8. The molecule has 0 saturated carbocycles. The van der Waals surface area contributed by atoms with Crippen LogP contribution < -0.4 is 0 Å². The molecule has 0 unspecified atom stereocenters. The molecule has 2 heteroatoms. The molecule has 0 atom stereocenters. The summed E-state index contributed by atoms with van der Waals surface area (Å²) in [6.07, 6.45) is 4.08. The van der Waals surface area contributed by atoms with E-state index in [1.807, 2.05) is 18.4 Å². The maximum Gasteiger partial charge on any atom is 0.163 e. The van der Waals surface area contributed by atoms with Crippen molar-refractivity contribution < 1.29 is 4.79 Å². The van der Waals surface area contributed by atoms with Crippen molar-refractivity contribution in [3.63, 3.8) is 0 Å². The van der Waals surface area contributed by atoms with Gasteiger partial charge in [-0.05, 0) is 24.8 Å². The molecule has 0 saturated heterocycles. The van der Waals surface area contributed by atoms with Gasteiger partial charge in [-0.2, -0.15) is 0 Å². The summed E-state index contributed by atoms with van der Waals surface area (Å²) >= 11 is 1.65. The van der Waals surface area contributed by atoms with Gasteiger partial charge in [0.15, 0.2) is 5.78 Å². The zero-order valence-corrected chi connectivity index (χ0v) is 9.12. The summed E-state index contributed by atoms with van der Waals surface area (Å²) < 4.78 is 0. The molecule has 1 aromatic heterocycles. The molecule has 0 aliphatic rings. The van der Waals surface area contributed by atoms with Crippen LogP contribution in [0.5, 0.6) is 0 Å². The lowest BCUT2D eigenvalue weighted by Gasteiger charge is -1.98. The molecular weight excluding hydrogens is 180 g/mol. The average molecular weight is 196 g/mol. The molecule has 72 valence electrons. The monoisotopic (exact) mass is 196 g/mol. The van der Waals surface area contributed by atoms with Crippen molar-refractivity contribution in [1.29, 1.82) is 0 Å². The molecule has 1 nitrogen and oxygen atoms in total. The number of thiophene rings is 1. The highest BCUT2D eigenvalue weighted by Crippen LogP contribution is 2.17. The van der Waals surface area contributed by atoms with Gasteiger partial charge in [0.25, 0.3) is 0 Å². The zero-order chi connectivity index (χ0) is 9.68. The number of carbonyl (C=O) groups excluding carboxylic acids is 1. The third-order valence-electron chi connectivity index (χ3n) is 2.17. The van der Waals surface area contributed by atoms with Gasteiger partial charge in [0.05, 0.1) is 0 Å². The molecule has 0 bridgehead atoms. The summed E-state index contributed by atoms with van der Waals surface area (Å²) in [6, 6.07) is 1.94. The molecule has 0 amide bonds. The van der Waals surface area contributed by atoms with Crippen molar-refractivity contribution in [2.45, 2.75) is 39.5 Å². The Morgan fingerprint density at radius 2 is 2.23 bits per heavy atom. The van der Waals surface area contributed by atoms with Crippen molar-refractivity contribution in [2.75, 3.05) is 0 Å². The van der Waals surface area contributed by atoms with Crippen molar-refractivity contribution in [3.8, 4) is 0 Å². The fraction of sp³-hybridized carbons (Fsp3) is 0.545.